The first kappa shape index (κ1) is 25.4. The number of aliphatic hydroxyl groups is 1. The van der Waals surface area contributed by atoms with Gasteiger partial charge in [-0.05, 0) is 61.5 Å². The second-order valence-electron chi connectivity index (χ2n) is 8.42. The first-order valence-electron chi connectivity index (χ1n) is 11.2. The average molecular weight is 477 g/mol. The first-order valence-corrected chi connectivity index (χ1v) is 12.1. The molecule has 3 rings (SSSR count). The van der Waals surface area contributed by atoms with Gasteiger partial charge in [-0.2, -0.15) is 0 Å². The van der Waals surface area contributed by atoms with Crippen LogP contribution in [0.4, 0.5) is 4.39 Å². The zero-order valence-electron chi connectivity index (χ0n) is 19.3. The fourth-order valence-electron chi connectivity index (χ4n) is 3.91. The summed E-state index contributed by atoms with van der Waals surface area (Å²) in [5, 5.41) is 12.4. The first-order chi connectivity index (χ1) is 15.9. The molecule has 0 aliphatic carbocycles. The minimum atomic E-state index is -0.692. The van der Waals surface area contributed by atoms with Crippen LogP contribution in [-0.2, 0) is 16.0 Å². The van der Waals surface area contributed by atoms with Crippen molar-refractivity contribution < 1.29 is 23.8 Å². The van der Waals surface area contributed by atoms with E-state index in [1.165, 1.54) is 17.0 Å². The summed E-state index contributed by atoms with van der Waals surface area (Å²) >= 11 is 1.70. The van der Waals surface area contributed by atoms with Gasteiger partial charge < -0.3 is 19.5 Å². The normalized spacial score (nSPS) is 16.7. The van der Waals surface area contributed by atoms with Crippen LogP contribution in [0, 0.1) is 5.82 Å². The number of nitrogens with zero attached hydrogens (tertiary/aromatic N) is 2. The van der Waals surface area contributed by atoms with Crippen molar-refractivity contribution in [1.82, 2.24) is 9.80 Å². The number of carbonyl (C=O) groups excluding carboxylic acids is 1. The van der Waals surface area contributed by atoms with Crippen molar-refractivity contribution in [2.75, 3.05) is 39.5 Å². The van der Waals surface area contributed by atoms with Crippen LogP contribution < -0.4 is 4.74 Å². The molecule has 6 nitrogen and oxygen atoms in total. The molecule has 2 aromatic rings. The standard InChI is InChI=1S/C25H33FN2O4S/c1-4-12-31-16-20(29)14-27(18(2)3)15-25(30)28-11-9-24-22(10-13-33-24)23(28)17-32-21-7-5-19(26)6-8-21/h4-8,10,13,18,20,23,29H,1,9,11-12,14-17H2,2-3H3. The van der Waals surface area contributed by atoms with Crippen LogP contribution in [-0.4, -0.2) is 72.4 Å². The predicted molar refractivity (Wildman–Crippen MR) is 128 cm³/mol. The lowest BCUT2D eigenvalue weighted by atomic mass is 10.00. The minimum Gasteiger partial charge on any atom is -0.491 e. The quantitative estimate of drug-likeness (QED) is 0.374. The molecule has 0 spiro atoms. The van der Waals surface area contributed by atoms with Crippen molar-refractivity contribution in [1.29, 1.82) is 0 Å². The Kier molecular flexibility index (Phi) is 9.43. The molecule has 2 unspecified atom stereocenters. The van der Waals surface area contributed by atoms with E-state index < -0.39 is 6.10 Å². The largest absolute Gasteiger partial charge is 0.491 e. The molecule has 0 fully saturated rings. The van der Waals surface area contributed by atoms with Gasteiger partial charge >= 0.3 is 0 Å². The highest BCUT2D eigenvalue weighted by Gasteiger charge is 2.33. The minimum absolute atomic E-state index is 0.00698. The zero-order chi connectivity index (χ0) is 23.8. The highest BCUT2D eigenvalue weighted by atomic mass is 32.1. The lowest BCUT2D eigenvalue weighted by molar-refractivity contribution is -0.137. The summed E-state index contributed by atoms with van der Waals surface area (Å²) in [4.78, 5) is 18.5. The van der Waals surface area contributed by atoms with Crippen LogP contribution in [0.5, 0.6) is 5.75 Å². The highest BCUT2D eigenvalue weighted by Crippen LogP contribution is 2.34. The summed E-state index contributed by atoms with van der Waals surface area (Å²) in [6.07, 6.45) is 1.76. The Bertz CT molecular complexity index is 902. The van der Waals surface area contributed by atoms with Gasteiger partial charge in [-0.1, -0.05) is 6.08 Å². The van der Waals surface area contributed by atoms with Gasteiger partial charge in [-0.15, -0.1) is 17.9 Å². The molecule has 2 atom stereocenters. The van der Waals surface area contributed by atoms with Crippen LogP contribution in [0.15, 0.2) is 48.4 Å². The number of hydrogen-bond donors (Lipinski definition) is 1. The molecular formula is C25H33FN2O4S. The Morgan fingerprint density at radius 3 is 2.82 bits per heavy atom. The van der Waals surface area contributed by atoms with Crippen LogP contribution >= 0.6 is 11.3 Å². The second-order valence-corrected chi connectivity index (χ2v) is 9.42. The van der Waals surface area contributed by atoms with Gasteiger partial charge in [0.1, 0.15) is 18.2 Å². The van der Waals surface area contributed by atoms with E-state index in [4.69, 9.17) is 9.47 Å². The van der Waals surface area contributed by atoms with Crippen LogP contribution in [0.2, 0.25) is 0 Å². The third-order valence-electron chi connectivity index (χ3n) is 5.70. The van der Waals surface area contributed by atoms with Crippen LogP contribution in [0.1, 0.15) is 30.3 Å². The molecular weight excluding hydrogens is 443 g/mol. The summed E-state index contributed by atoms with van der Waals surface area (Å²) in [5.74, 6) is 0.243. The van der Waals surface area contributed by atoms with Crippen LogP contribution in [0.3, 0.4) is 0 Å². The Morgan fingerprint density at radius 2 is 2.12 bits per heavy atom. The van der Waals surface area contributed by atoms with E-state index in [0.29, 0.717) is 32.1 Å². The number of thiophene rings is 1. The van der Waals surface area contributed by atoms with E-state index in [0.717, 1.165) is 12.0 Å². The summed E-state index contributed by atoms with van der Waals surface area (Å²) in [6, 6.07) is 7.83. The van der Waals surface area contributed by atoms with Gasteiger partial charge in [0.2, 0.25) is 5.91 Å². The predicted octanol–water partition coefficient (Wildman–Crippen LogP) is 3.67. The van der Waals surface area contributed by atoms with Gasteiger partial charge in [0, 0.05) is 24.0 Å². The number of rotatable bonds is 12. The number of benzene rings is 1. The van der Waals surface area contributed by atoms with E-state index in [2.05, 4.69) is 12.6 Å². The van der Waals surface area contributed by atoms with E-state index >= 15 is 0 Å². The average Bonchev–Trinajstić information content (AvgIpc) is 3.27. The fraction of sp³-hybridized carbons (Fsp3) is 0.480. The molecule has 1 N–H and O–H groups in total. The molecule has 0 radical (unpaired) electrons. The number of carbonyl (C=O) groups is 1. The van der Waals surface area contributed by atoms with E-state index in [-0.39, 0.29) is 37.0 Å². The number of ether oxygens (including phenoxy) is 2. The van der Waals surface area contributed by atoms with Crippen LogP contribution in [0.25, 0.3) is 0 Å². The van der Waals surface area contributed by atoms with E-state index in [9.17, 15) is 14.3 Å². The summed E-state index contributed by atoms with van der Waals surface area (Å²) < 4.78 is 24.5. The fourth-order valence-corrected chi connectivity index (χ4v) is 4.84. The Balaban J connectivity index is 1.67. The second kappa shape index (κ2) is 12.3. The monoisotopic (exact) mass is 476 g/mol. The number of halogens is 1. The van der Waals surface area contributed by atoms with Gasteiger partial charge in [0.25, 0.3) is 0 Å². The maximum absolute atomic E-state index is 13.4. The zero-order valence-corrected chi connectivity index (χ0v) is 20.1. The van der Waals surface area contributed by atoms with Gasteiger partial charge in [-0.25, -0.2) is 4.39 Å². The molecule has 1 aliphatic rings. The third-order valence-corrected chi connectivity index (χ3v) is 6.69. The number of fused-ring (bicyclic) bond motifs is 1. The topological polar surface area (TPSA) is 62.2 Å². The molecule has 1 aromatic heterocycles. The van der Waals surface area contributed by atoms with Crippen molar-refractivity contribution in [2.45, 2.75) is 38.5 Å². The molecule has 8 heteroatoms. The Labute approximate surface area is 199 Å². The van der Waals surface area contributed by atoms with E-state index in [1.807, 2.05) is 29.0 Å². The maximum Gasteiger partial charge on any atom is 0.237 e. The Morgan fingerprint density at radius 1 is 1.36 bits per heavy atom. The summed E-state index contributed by atoms with van der Waals surface area (Å²) in [7, 11) is 0. The summed E-state index contributed by atoms with van der Waals surface area (Å²) in [5.41, 5.74) is 1.11. The molecule has 0 bridgehead atoms. The molecule has 1 aliphatic heterocycles. The summed E-state index contributed by atoms with van der Waals surface area (Å²) in [6.45, 7) is 9.63. The smallest absolute Gasteiger partial charge is 0.237 e. The van der Waals surface area contributed by atoms with Crippen molar-refractivity contribution in [2.24, 2.45) is 0 Å². The number of amides is 1. The van der Waals surface area contributed by atoms with Crippen molar-refractivity contribution in [3.8, 4) is 5.75 Å². The number of aliphatic hydroxyl groups excluding tert-OH is 1. The Hall–Kier alpha value is -2.26. The van der Waals surface area contributed by atoms with Gasteiger partial charge in [-0.3, -0.25) is 9.69 Å². The third kappa shape index (κ3) is 7.11. The lowest BCUT2D eigenvalue weighted by Gasteiger charge is -2.38. The molecule has 1 amide bonds. The SMILES string of the molecule is C=CCOCC(O)CN(CC(=O)N1CCc2sccc2C1COc1ccc(F)cc1)C(C)C. The van der Waals surface area contributed by atoms with Gasteiger partial charge in [0.05, 0.1) is 31.9 Å². The molecule has 2 heterocycles. The molecule has 1 aromatic carbocycles. The van der Waals surface area contributed by atoms with Crippen molar-refractivity contribution >= 4 is 17.2 Å². The highest BCUT2D eigenvalue weighted by molar-refractivity contribution is 7.10. The lowest BCUT2D eigenvalue weighted by Crippen LogP contribution is -2.49. The molecule has 0 saturated carbocycles. The van der Waals surface area contributed by atoms with E-state index in [1.54, 1.807) is 29.5 Å². The van der Waals surface area contributed by atoms with Gasteiger partial charge in [0.15, 0.2) is 0 Å². The molecule has 0 saturated heterocycles. The molecule has 180 valence electrons. The maximum atomic E-state index is 13.4. The number of hydrogen-bond acceptors (Lipinski definition) is 6. The van der Waals surface area contributed by atoms with Crippen molar-refractivity contribution in [3.63, 3.8) is 0 Å². The van der Waals surface area contributed by atoms with Crippen molar-refractivity contribution in [3.05, 3.63) is 64.6 Å². The molecule has 33 heavy (non-hydrogen) atoms.